The van der Waals surface area contributed by atoms with Crippen molar-refractivity contribution in [2.24, 2.45) is 11.8 Å². The molecule has 0 spiro atoms. The smallest absolute Gasteiger partial charge is 0.291 e. The molecular weight excluding hydrogens is 640 g/mol. The Morgan fingerprint density at radius 3 is 2.87 bits per heavy atom. The number of rotatable bonds is 5. The molecule has 2 heterocycles. The molecule has 1 fully saturated rings. The summed E-state index contributed by atoms with van der Waals surface area (Å²) in [4.78, 5) is 30.0. The van der Waals surface area contributed by atoms with Gasteiger partial charge < -0.3 is 14.9 Å². The van der Waals surface area contributed by atoms with Crippen LogP contribution in [-0.2, 0) is 16.6 Å². The highest BCUT2D eigenvalue weighted by Crippen LogP contribution is 2.66. The van der Waals surface area contributed by atoms with Crippen LogP contribution in [0.15, 0.2) is 25.9 Å². The number of aryl methyl sites for hydroxylation is 1. The van der Waals surface area contributed by atoms with Crippen molar-refractivity contribution in [3.8, 4) is 5.75 Å². The maximum Gasteiger partial charge on any atom is 0.291 e. The lowest BCUT2D eigenvalue weighted by molar-refractivity contribution is -0.387. The summed E-state index contributed by atoms with van der Waals surface area (Å²) in [6.07, 6.45) is 7.49. The SMILES string of the molecule is Cc1cnc(NC(=O)CC[C@@H]2c3conc3[C@@]3(C)CCC4c5c(c(Br)c(O)c(Br)c5[N+](=O)[O-])CCC4C23)s1. The quantitative estimate of drug-likeness (QED) is 0.219. The number of aromatic nitrogens is 2. The summed E-state index contributed by atoms with van der Waals surface area (Å²) >= 11 is 8.26. The zero-order chi connectivity index (χ0) is 26.9. The summed E-state index contributed by atoms with van der Waals surface area (Å²) in [7, 11) is 0. The number of anilines is 1. The van der Waals surface area contributed by atoms with Crippen LogP contribution in [0.4, 0.5) is 10.8 Å². The molecule has 3 aliphatic carbocycles. The van der Waals surface area contributed by atoms with Crippen LogP contribution in [-0.4, -0.2) is 26.1 Å². The minimum Gasteiger partial charge on any atom is -0.505 e. The summed E-state index contributed by atoms with van der Waals surface area (Å²) in [5.74, 6) is 0.173. The molecule has 1 aromatic carbocycles. The largest absolute Gasteiger partial charge is 0.505 e. The fourth-order valence-electron chi connectivity index (χ4n) is 7.53. The number of halogens is 2. The number of carbonyl (C=O) groups excluding carboxylic acids is 1. The van der Waals surface area contributed by atoms with Gasteiger partial charge in [-0.25, -0.2) is 4.98 Å². The van der Waals surface area contributed by atoms with Crippen LogP contribution in [0.25, 0.3) is 0 Å². The first-order valence-corrected chi connectivity index (χ1v) is 15.1. The van der Waals surface area contributed by atoms with Crippen LogP contribution in [0.2, 0.25) is 0 Å². The van der Waals surface area contributed by atoms with E-state index in [0.717, 1.165) is 46.5 Å². The van der Waals surface area contributed by atoms with Gasteiger partial charge in [-0.3, -0.25) is 14.9 Å². The lowest BCUT2D eigenvalue weighted by atomic mass is 9.53. The van der Waals surface area contributed by atoms with Gasteiger partial charge in [-0.2, -0.15) is 0 Å². The molecule has 38 heavy (non-hydrogen) atoms. The Balaban J connectivity index is 1.35. The summed E-state index contributed by atoms with van der Waals surface area (Å²) in [5, 5.41) is 30.8. The van der Waals surface area contributed by atoms with Crippen molar-refractivity contribution < 1.29 is 19.3 Å². The lowest BCUT2D eigenvalue weighted by Gasteiger charge is -2.50. The van der Waals surface area contributed by atoms with Gasteiger partial charge >= 0.3 is 0 Å². The van der Waals surface area contributed by atoms with Crippen molar-refractivity contribution in [2.75, 3.05) is 5.32 Å². The number of nitrogens with one attached hydrogen (secondary N) is 1. The predicted molar refractivity (Wildman–Crippen MR) is 149 cm³/mol. The average molecular weight is 666 g/mol. The number of thiazole rings is 1. The van der Waals surface area contributed by atoms with E-state index in [9.17, 15) is 20.0 Å². The van der Waals surface area contributed by atoms with E-state index in [0.29, 0.717) is 28.9 Å². The number of fused-ring (bicyclic) bond motifs is 7. The van der Waals surface area contributed by atoms with Gasteiger partial charge in [0.25, 0.3) is 5.69 Å². The third-order valence-corrected chi connectivity index (χ3v) is 11.4. The standard InChI is InChI=1S/C26H26Br2N4O5S/c1-11-9-29-25(38-11)30-17(33)6-5-14-16-10-37-31-24(16)26(2)8-7-12-13(19(14)26)3-4-15-18(12)22(32(35)36)21(28)23(34)20(15)27/h9-10,12-14,19,34H,3-8H2,1-2H3,(H,29,30,33)/t12?,13?,14-,19?,26+/m1/s1. The molecule has 0 radical (unpaired) electrons. The highest BCUT2D eigenvalue weighted by molar-refractivity contribution is 9.11. The molecule has 200 valence electrons. The molecule has 1 amide bonds. The number of hydrogen-bond acceptors (Lipinski definition) is 8. The van der Waals surface area contributed by atoms with Gasteiger partial charge in [0.15, 0.2) is 10.9 Å². The topological polar surface area (TPSA) is 131 Å². The Morgan fingerprint density at radius 1 is 1.37 bits per heavy atom. The minimum atomic E-state index is -0.378. The molecule has 6 rings (SSSR count). The molecule has 12 heteroatoms. The van der Waals surface area contributed by atoms with E-state index in [1.54, 1.807) is 12.5 Å². The highest BCUT2D eigenvalue weighted by atomic mass is 79.9. The molecule has 0 saturated heterocycles. The third kappa shape index (κ3) is 3.85. The first-order valence-electron chi connectivity index (χ1n) is 12.7. The molecule has 3 aliphatic rings. The Hall–Kier alpha value is -2.31. The Kier molecular flexibility index (Phi) is 6.42. The zero-order valence-electron chi connectivity index (χ0n) is 20.8. The van der Waals surface area contributed by atoms with Gasteiger partial charge in [0.1, 0.15) is 10.7 Å². The number of nitro groups is 1. The molecule has 0 bridgehead atoms. The molecule has 3 unspecified atom stereocenters. The van der Waals surface area contributed by atoms with Gasteiger partial charge in [0, 0.05) is 34.0 Å². The minimum absolute atomic E-state index is 0.0269. The Morgan fingerprint density at radius 2 is 2.16 bits per heavy atom. The number of nitro benzene ring substituents is 1. The maximum absolute atomic E-state index is 12.8. The molecular formula is C26H26Br2N4O5S. The normalized spacial score (nSPS) is 27.3. The molecule has 5 atom stereocenters. The second kappa shape index (κ2) is 9.41. The highest BCUT2D eigenvalue weighted by Gasteiger charge is 2.59. The summed E-state index contributed by atoms with van der Waals surface area (Å²) < 4.78 is 6.09. The number of phenolic OH excluding ortho intramolecular Hbond substituents is 1. The predicted octanol–water partition coefficient (Wildman–Crippen LogP) is 7.11. The number of amides is 1. The van der Waals surface area contributed by atoms with E-state index < -0.39 is 0 Å². The first-order chi connectivity index (χ1) is 18.1. The number of carbonyl (C=O) groups is 1. The number of phenols is 1. The summed E-state index contributed by atoms with van der Waals surface area (Å²) in [6.45, 7) is 4.19. The van der Waals surface area contributed by atoms with Crippen LogP contribution in [0.3, 0.4) is 0 Å². The molecule has 3 aromatic rings. The van der Waals surface area contributed by atoms with Crippen LogP contribution < -0.4 is 5.32 Å². The van der Waals surface area contributed by atoms with Crippen molar-refractivity contribution in [1.82, 2.24) is 10.1 Å². The first kappa shape index (κ1) is 25.9. The summed E-state index contributed by atoms with van der Waals surface area (Å²) in [5.41, 5.74) is 3.32. The van der Waals surface area contributed by atoms with E-state index in [2.05, 4.69) is 54.2 Å². The molecule has 1 saturated carbocycles. The van der Waals surface area contributed by atoms with Crippen LogP contribution in [0.5, 0.6) is 5.75 Å². The maximum atomic E-state index is 12.8. The monoisotopic (exact) mass is 664 g/mol. The van der Waals surface area contributed by atoms with E-state index in [4.69, 9.17) is 4.52 Å². The van der Waals surface area contributed by atoms with E-state index in [-0.39, 0.29) is 55.8 Å². The Bertz CT molecular complexity index is 1470. The van der Waals surface area contributed by atoms with Crippen molar-refractivity contribution in [3.63, 3.8) is 0 Å². The zero-order valence-corrected chi connectivity index (χ0v) is 24.8. The fourth-order valence-corrected chi connectivity index (χ4v) is 9.64. The van der Waals surface area contributed by atoms with Crippen LogP contribution in [0, 0.1) is 28.9 Å². The van der Waals surface area contributed by atoms with Gasteiger partial charge in [-0.15, -0.1) is 11.3 Å². The van der Waals surface area contributed by atoms with Crippen LogP contribution in [0.1, 0.15) is 78.1 Å². The van der Waals surface area contributed by atoms with E-state index in [1.807, 2.05) is 6.92 Å². The van der Waals surface area contributed by atoms with Gasteiger partial charge in [-0.05, 0) is 100 Å². The van der Waals surface area contributed by atoms with E-state index in [1.165, 1.54) is 11.3 Å². The Labute approximate surface area is 239 Å². The second-order valence-electron chi connectivity index (χ2n) is 10.9. The van der Waals surface area contributed by atoms with Gasteiger partial charge in [-0.1, -0.05) is 12.1 Å². The number of benzene rings is 1. The number of aromatic hydroxyl groups is 1. The summed E-state index contributed by atoms with van der Waals surface area (Å²) in [6, 6.07) is 0. The van der Waals surface area contributed by atoms with Crippen molar-refractivity contribution in [2.45, 2.75) is 69.6 Å². The average Bonchev–Trinajstić information content (AvgIpc) is 3.57. The van der Waals surface area contributed by atoms with E-state index >= 15 is 0 Å². The fraction of sp³-hybridized carbons (Fsp3) is 0.500. The number of nitrogens with zero attached hydrogens (tertiary/aromatic N) is 3. The van der Waals surface area contributed by atoms with Crippen molar-refractivity contribution in [1.29, 1.82) is 0 Å². The third-order valence-electron chi connectivity index (χ3n) is 8.96. The van der Waals surface area contributed by atoms with Crippen LogP contribution >= 0.6 is 43.2 Å². The molecule has 2 aromatic heterocycles. The number of hydrogen-bond donors (Lipinski definition) is 2. The van der Waals surface area contributed by atoms with Gasteiger partial charge in [0.05, 0.1) is 15.1 Å². The second-order valence-corrected chi connectivity index (χ2v) is 13.7. The molecule has 9 nitrogen and oxygen atoms in total. The molecule has 2 N–H and O–H groups in total. The van der Waals surface area contributed by atoms with Crippen molar-refractivity contribution in [3.05, 3.63) is 58.8 Å². The molecule has 0 aliphatic heterocycles. The van der Waals surface area contributed by atoms with Gasteiger partial charge in [0.2, 0.25) is 5.91 Å². The lowest BCUT2D eigenvalue weighted by Crippen LogP contribution is -2.44. The van der Waals surface area contributed by atoms with Crippen molar-refractivity contribution >= 4 is 59.9 Å².